The first-order valence-electron chi connectivity index (χ1n) is 7.72. The summed E-state index contributed by atoms with van der Waals surface area (Å²) in [7, 11) is 2.13. The summed E-state index contributed by atoms with van der Waals surface area (Å²) in [5.74, 6) is 0.247. The number of nitrogens with zero attached hydrogens (tertiary/aromatic N) is 2. The minimum Gasteiger partial charge on any atom is -0.304 e. The molecule has 1 heterocycles. The first kappa shape index (κ1) is 15.2. The molecule has 0 amide bonds. The molecule has 1 aromatic rings. The number of benzene rings is 1. The molecule has 0 spiro atoms. The number of unbranched alkanes of at least 4 members (excludes halogenated alkanes) is 1. The second kappa shape index (κ2) is 7.55. The Bertz CT molecular complexity index is 419. The summed E-state index contributed by atoms with van der Waals surface area (Å²) in [6, 6.07) is 8.19. The molecule has 0 radical (unpaired) electrons. The summed E-state index contributed by atoms with van der Waals surface area (Å²) < 4.78 is 0. The summed E-state index contributed by atoms with van der Waals surface area (Å²) >= 11 is 0. The van der Waals surface area contributed by atoms with Gasteiger partial charge in [0.15, 0.2) is 5.78 Å². The molecule has 1 aromatic carbocycles. The predicted octanol–water partition coefficient (Wildman–Crippen LogP) is 2.46. The number of ketones is 1. The van der Waals surface area contributed by atoms with Crippen LogP contribution in [-0.4, -0.2) is 55.4 Å². The van der Waals surface area contributed by atoms with Crippen molar-refractivity contribution in [3.05, 3.63) is 35.4 Å². The Balaban J connectivity index is 1.85. The molecule has 1 fully saturated rings. The van der Waals surface area contributed by atoms with E-state index < -0.39 is 0 Å². The Morgan fingerprint density at radius 1 is 1.10 bits per heavy atom. The number of hydrogen-bond acceptors (Lipinski definition) is 3. The van der Waals surface area contributed by atoms with Gasteiger partial charge < -0.3 is 4.90 Å². The average molecular weight is 274 g/mol. The van der Waals surface area contributed by atoms with Crippen molar-refractivity contribution in [2.45, 2.75) is 26.2 Å². The van der Waals surface area contributed by atoms with E-state index in [0.717, 1.165) is 38.2 Å². The zero-order valence-electron chi connectivity index (χ0n) is 12.8. The molecule has 0 unspecified atom stereocenters. The first-order chi connectivity index (χ1) is 9.69. The van der Waals surface area contributed by atoms with Gasteiger partial charge in [-0.3, -0.25) is 9.69 Å². The lowest BCUT2D eigenvalue weighted by Crippen LogP contribution is -2.46. The molecule has 0 saturated carbocycles. The molecule has 2 rings (SSSR count). The van der Waals surface area contributed by atoms with Gasteiger partial charge in [0.1, 0.15) is 0 Å². The quantitative estimate of drug-likeness (QED) is 0.745. The van der Waals surface area contributed by atoms with Gasteiger partial charge >= 0.3 is 0 Å². The smallest absolute Gasteiger partial charge is 0.176 e. The van der Waals surface area contributed by atoms with E-state index in [2.05, 4.69) is 35.9 Å². The summed E-state index contributed by atoms with van der Waals surface area (Å²) in [5, 5.41) is 0. The normalized spacial score (nSPS) is 17.3. The standard InChI is InChI=1S/C17H26N2O/c1-3-4-5-15-6-8-16(9-7-15)17(20)14-19-12-10-18(2)11-13-19/h6-9H,3-5,10-14H2,1-2H3. The zero-order valence-corrected chi connectivity index (χ0v) is 12.8. The van der Waals surface area contributed by atoms with Crippen molar-refractivity contribution in [2.75, 3.05) is 39.8 Å². The Hall–Kier alpha value is -1.19. The Kier molecular flexibility index (Phi) is 5.74. The van der Waals surface area contributed by atoms with Crippen LogP contribution in [0.25, 0.3) is 0 Å². The highest BCUT2D eigenvalue weighted by Crippen LogP contribution is 2.10. The van der Waals surface area contributed by atoms with E-state index in [4.69, 9.17) is 0 Å². The van der Waals surface area contributed by atoms with E-state index >= 15 is 0 Å². The van der Waals surface area contributed by atoms with Crippen molar-refractivity contribution in [3.63, 3.8) is 0 Å². The molecule has 0 aromatic heterocycles. The lowest BCUT2D eigenvalue weighted by molar-refractivity contribution is 0.0876. The fourth-order valence-corrected chi connectivity index (χ4v) is 2.54. The Morgan fingerprint density at radius 3 is 2.35 bits per heavy atom. The lowest BCUT2D eigenvalue weighted by Gasteiger charge is -2.31. The van der Waals surface area contributed by atoms with Gasteiger partial charge in [-0.05, 0) is 25.5 Å². The SMILES string of the molecule is CCCCc1ccc(C(=O)CN2CCN(C)CC2)cc1. The topological polar surface area (TPSA) is 23.6 Å². The van der Waals surface area contributed by atoms with Gasteiger partial charge in [-0.15, -0.1) is 0 Å². The van der Waals surface area contributed by atoms with Gasteiger partial charge in [0.2, 0.25) is 0 Å². The summed E-state index contributed by atoms with van der Waals surface area (Å²) in [5.41, 5.74) is 2.19. The van der Waals surface area contributed by atoms with E-state index in [-0.39, 0.29) is 5.78 Å². The van der Waals surface area contributed by atoms with Crippen LogP contribution in [-0.2, 0) is 6.42 Å². The molecule has 1 saturated heterocycles. The Labute approximate surface area is 122 Å². The van der Waals surface area contributed by atoms with E-state index in [1.165, 1.54) is 18.4 Å². The number of Topliss-reactive ketones (excluding diaryl/α,β-unsaturated/α-hetero) is 1. The molecule has 0 bridgehead atoms. The third-order valence-electron chi connectivity index (χ3n) is 4.06. The molecule has 3 heteroatoms. The highest BCUT2D eigenvalue weighted by atomic mass is 16.1. The minimum atomic E-state index is 0.247. The van der Waals surface area contributed by atoms with Gasteiger partial charge in [-0.1, -0.05) is 37.6 Å². The molecule has 0 atom stereocenters. The number of hydrogen-bond donors (Lipinski definition) is 0. The second-order valence-corrected chi connectivity index (χ2v) is 5.80. The van der Waals surface area contributed by atoms with Crippen LogP contribution < -0.4 is 0 Å². The monoisotopic (exact) mass is 274 g/mol. The van der Waals surface area contributed by atoms with Gasteiger partial charge in [0, 0.05) is 31.7 Å². The summed E-state index contributed by atoms with van der Waals surface area (Å²) in [4.78, 5) is 16.8. The third-order valence-corrected chi connectivity index (χ3v) is 4.06. The van der Waals surface area contributed by atoms with Crippen LogP contribution in [0.3, 0.4) is 0 Å². The van der Waals surface area contributed by atoms with Crippen LogP contribution >= 0.6 is 0 Å². The molecule has 0 aliphatic carbocycles. The van der Waals surface area contributed by atoms with E-state index in [9.17, 15) is 4.79 Å². The number of carbonyl (C=O) groups is 1. The van der Waals surface area contributed by atoms with Crippen molar-refractivity contribution >= 4 is 5.78 Å². The van der Waals surface area contributed by atoms with Gasteiger partial charge in [-0.2, -0.15) is 0 Å². The highest BCUT2D eigenvalue weighted by molar-refractivity contribution is 5.97. The largest absolute Gasteiger partial charge is 0.304 e. The van der Waals surface area contributed by atoms with E-state index in [1.54, 1.807) is 0 Å². The molecule has 1 aliphatic rings. The van der Waals surface area contributed by atoms with Crippen molar-refractivity contribution < 1.29 is 4.79 Å². The maximum atomic E-state index is 12.3. The summed E-state index contributed by atoms with van der Waals surface area (Å²) in [6.45, 7) is 6.87. The highest BCUT2D eigenvalue weighted by Gasteiger charge is 2.17. The Morgan fingerprint density at radius 2 is 1.75 bits per heavy atom. The number of aryl methyl sites for hydroxylation is 1. The van der Waals surface area contributed by atoms with E-state index in [1.807, 2.05) is 12.1 Å². The minimum absolute atomic E-state index is 0.247. The number of likely N-dealkylation sites (N-methyl/N-ethyl adjacent to an activating group) is 1. The van der Waals surface area contributed by atoms with Crippen LogP contribution in [0.2, 0.25) is 0 Å². The second-order valence-electron chi connectivity index (χ2n) is 5.80. The van der Waals surface area contributed by atoms with E-state index in [0.29, 0.717) is 6.54 Å². The fraction of sp³-hybridized carbons (Fsp3) is 0.588. The zero-order chi connectivity index (χ0) is 14.4. The van der Waals surface area contributed by atoms with Crippen LogP contribution in [0.5, 0.6) is 0 Å². The molecule has 110 valence electrons. The predicted molar refractivity (Wildman–Crippen MR) is 83.3 cm³/mol. The molecule has 3 nitrogen and oxygen atoms in total. The fourth-order valence-electron chi connectivity index (χ4n) is 2.54. The van der Waals surface area contributed by atoms with Crippen molar-refractivity contribution in [1.29, 1.82) is 0 Å². The van der Waals surface area contributed by atoms with Crippen LogP contribution in [0, 0.1) is 0 Å². The molecule has 20 heavy (non-hydrogen) atoms. The molecular weight excluding hydrogens is 248 g/mol. The number of piperazine rings is 1. The van der Waals surface area contributed by atoms with Gasteiger partial charge in [-0.25, -0.2) is 0 Å². The van der Waals surface area contributed by atoms with Crippen LogP contribution in [0.15, 0.2) is 24.3 Å². The van der Waals surface area contributed by atoms with Crippen molar-refractivity contribution in [2.24, 2.45) is 0 Å². The molecule has 1 aliphatic heterocycles. The summed E-state index contributed by atoms with van der Waals surface area (Å²) in [6.07, 6.45) is 3.54. The average Bonchev–Trinajstić information content (AvgIpc) is 2.48. The van der Waals surface area contributed by atoms with Gasteiger partial charge in [0.05, 0.1) is 6.54 Å². The lowest BCUT2D eigenvalue weighted by atomic mass is 10.0. The first-order valence-corrected chi connectivity index (χ1v) is 7.72. The maximum Gasteiger partial charge on any atom is 0.176 e. The van der Waals surface area contributed by atoms with Crippen molar-refractivity contribution in [1.82, 2.24) is 9.80 Å². The van der Waals surface area contributed by atoms with Gasteiger partial charge in [0.25, 0.3) is 0 Å². The molecular formula is C17H26N2O. The third kappa shape index (κ3) is 4.43. The molecule has 0 N–H and O–H groups in total. The van der Waals surface area contributed by atoms with Crippen molar-refractivity contribution in [3.8, 4) is 0 Å². The number of carbonyl (C=O) groups excluding carboxylic acids is 1. The van der Waals surface area contributed by atoms with Crippen LogP contribution in [0.1, 0.15) is 35.7 Å². The van der Waals surface area contributed by atoms with Crippen LogP contribution in [0.4, 0.5) is 0 Å². The maximum absolute atomic E-state index is 12.3. The number of rotatable bonds is 6.